The lowest BCUT2D eigenvalue weighted by atomic mass is 9.92. The monoisotopic (exact) mass is 467 g/mol. The molecular formula is C21H23BrClNO2S. The number of thioether (sulfide) groups is 1. The van der Waals surface area contributed by atoms with E-state index in [4.69, 9.17) is 4.74 Å². The first kappa shape index (κ1) is 20.7. The molecule has 0 amide bonds. The maximum Gasteiger partial charge on any atom is 0.187 e. The van der Waals surface area contributed by atoms with E-state index in [0.29, 0.717) is 17.9 Å². The van der Waals surface area contributed by atoms with Gasteiger partial charge in [-0.3, -0.25) is 4.79 Å². The van der Waals surface area contributed by atoms with E-state index in [9.17, 15) is 4.79 Å². The number of hydrogen-bond acceptors (Lipinski definition) is 4. The summed E-state index contributed by atoms with van der Waals surface area (Å²) >= 11 is 5.22. The summed E-state index contributed by atoms with van der Waals surface area (Å²) < 4.78 is 6.49. The van der Waals surface area contributed by atoms with Crippen LogP contribution in [0, 0.1) is 6.92 Å². The van der Waals surface area contributed by atoms with Gasteiger partial charge >= 0.3 is 0 Å². The Bertz CT molecular complexity index is 826. The number of carbonyl (C=O) groups is 1. The van der Waals surface area contributed by atoms with E-state index in [0.717, 1.165) is 34.6 Å². The van der Waals surface area contributed by atoms with Gasteiger partial charge in [-0.2, -0.15) is 0 Å². The third-order valence-corrected chi connectivity index (χ3v) is 7.30. The van der Waals surface area contributed by atoms with Crippen molar-refractivity contribution in [2.45, 2.75) is 29.4 Å². The fourth-order valence-corrected chi connectivity index (χ4v) is 5.35. The first-order valence-corrected chi connectivity index (χ1v) is 10.6. The van der Waals surface area contributed by atoms with Crippen LogP contribution in [0.15, 0.2) is 51.8 Å². The molecule has 0 N–H and O–H groups in total. The summed E-state index contributed by atoms with van der Waals surface area (Å²) in [5.74, 6) is 0.890. The van der Waals surface area contributed by atoms with E-state index in [-0.39, 0.29) is 18.2 Å². The molecule has 0 spiro atoms. The van der Waals surface area contributed by atoms with Crippen LogP contribution in [0.3, 0.4) is 0 Å². The molecule has 2 aromatic carbocycles. The average molecular weight is 469 g/mol. The van der Waals surface area contributed by atoms with E-state index in [2.05, 4.69) is 33.0 Å². The minimum Gasteiger partial charge on any atom is -0.491 e. The van der Waals surface area contributed by atoms with Crippen molar-refractivity contribution in [3.63, 3.8) is 0 Å². The molecule has 1 saturated heterocycles. The number of benzene rings is 2. The molecule has 0 saturated carbocycles. The lowest BCUT2D eigenvalue weighted by molar-refractivity contribution is 0.0832. The molecule has 1 fully saturated rings. The van der Waals surface area contributed by atoms with Crippen LogP contribution < -0.4 is 4.74 Å². The van der Waals surface area contributed by atoms with Gasteiger partial charge in [-0.15, -0.1) is 24.2 Å². The second-order valence-corrected chi connectivity index (χ2v) is 9.42. The fraction of sp³-hybridized carbons (Fsp3) is 0.381. The lowest BCUT2D eigenvalue weighted by Crippen LogP contribution is -2.52. The molecule has 27 heavy (non-hydrogen) atoms. The Morgan fingerprint density at radius 1 is 1.19 bits per heavy atom. The predicted molar refractivity (Wildman–Crippen MR) is 117 cm³/mol. The maximum absolute atomic E-state index is 13.6. The van der Waals surface area contributed by atoms with Crippen LogP contribution in [-0.2, 0) is 0 Å². The van der Waals surface area contributed by atoms with Gasteiger partial charge in [0.15, 0.2) is 5.78 Å². The second-order valence-electron chi connectivity index (χ2n) is 7.11. The predicted octanol–water partition coefficient (Wildman–Crippen LogP) is 5.38. The molecule has 6 heteroatoms. The summed E-state index contributed by atoms with van der Waals surface area (Å²) in [5, 5.41) is 0. The molecule has 4 rings (SSSR count). The summed E-state index contributed by atoms with van der Waals surface area (Å²) in [6, 6.07) is 14.1. The van der Waals surface area contributed by atoms with Gasteiger partial charge in [-0.05, 0) is 62.7 Å². The number of Topliss-reactive ketones (excluding diaryl/α,β-unsaturated/α-hetero) is 1. The number of ketones is 1. The Balaban J connectivity index is 0.00000210. The smallest absolute Gasteiger partial charge is 0.187 e. The van der Waals surface area contributed by atoms with Crippen LogP contribution >= 0.6 is 40.1 Å². The number of ether oxygens (including phenoxy) is 1. The van der Waals surface area contributed by atoms with Crippen LogP contribution in [0.4, 0.5) is 0 Å². The van der Waals surface area contributed by atoms with Crippen molar-refractivity contribution in [3.8, 4) is 5.75 Å². The quantitative estimate of drug-likeness (QED) is 0.602. The normalized spacial score (nSPS) is 22.1. The Morgan fingerprint density at radius 3 is 2.59 bits per heavy atom. The summed E-state index contributed by atoms with van der Waals surface area (Å²) in [6.07, 6.45) is 2.42. The zero-order valence-corrected chi connectivity index (χ0v) is 18.5. The summed E-state index contributed by atoms with van der Waals surface area (Å²) in [6.45, 7) is 5.29. The second kappa shape index (κ2) is 8.56. The molecule has 0 aliphatic carbocycles. The molecule has 144 valence electrons. The number of aryl methyl sites for hydroxylation is 1. The van der Waals surface area contributed by atoms with Gasteiger partial charge in [0, 0.05) is 15.9 Å². The number of fused-ring (bicyclic) bond motifs is 1. The van der Waals surface area contributed by atoms with Gasteiger partial charge < -0.3 is 9.64 Å². The van der Waals surface area contributed by atoms with Crippen molar-refractivity contribution in [1.29, 1.82) is 0 Å². The van der Waals surface area contributed by atoms with Crippen molar-refractivity contribution in [2.75, 3.05) is 26.2 Å². The third kappa shape index (κ3) is 4.21. The van der Waals surface area contributed by atoms with Crippen molar-refractivity contribution in [3.05, 3.63) is 58.1 Å². The first-order valence-electron chi connectivity index (χ1n) is 9.02. The topological polar surface area (TPSA) is 29.5 Å². The lowest BCUT2D eigenvalue weighted by Gasteiger charge is -2.38. The van der Waals surface area contributed by atoms with Crippen LogP contribution in [0.1, 0.15) is 28.8 Å². The molecule has 3 nitrogen and oxygen atoms in total. The highest BCUT2D eigenvalue weighted by Crippen LogP contribution is 2.43. The van der Waals surface area contributed by atoms with Crippen LogP contribution in [0.5, 0.6) is 5.75 Å². The molecule has 0 aromatic heterocycles. The highest BCUT2D eigenvalue weighted by Gasteiger charge is 2.47. The maximum atomic E-state index is 13.6. The van der Waals surface area contributed by atoms with Gasteiger partial charge in [-0.1, -0.05) is 34.1 Å². The molecule has 1 unspecified atom stereocenters. The fourth-order valence-electron chi connectivity index (χ4n) is 3.70. The Morgan fingerprint density at radius 2 is 1.89 bits per heavy atom. The Kier molecular flexibility index (Phi) is 6.57. The highest BCUT2D eigenvalue weighted by atomic mass is 79.9. The molecule has 2 heterocycles. The van der Waals surface area contributed by atoms with Gasteiger partial charge in [-0.25, -0.2) is 0 Å². The minimum atomic E-state index is -0.604. The standard InChI is InChI=1S/C21H22BrNO2S.ClH/c1-15-11-19-17(12-18(15)22)20(24)21(14-25-19,13-23-9-5-6-10-23)26-16-7-3-2-4-8-16;/h2-4,7-8,11-12H,5-6,9-10,13-14H2,1H3;1H. The molecule has 2 aromatic rings. The number of rotatable bonds is 4. The Labute approximate surface area is 179 Å². The van der Waals surface area contributed by atoms with Gasteiger partial charge in [0.05, 0.1) is 5.56 Å². The summed E-state index contributed by atoms with van der Waals surface area (Å²) in [7, 11) is 0. The van der Waals surface area contributed by atoms with Gasteiger partial charge in [0.2, 0.25) is 0 Å². The SMILES string of the molecule is Cc1cc2c(cc1Br)C(=O)C(CN1CCCC1)(Sc1ccccc1)CO2.Cl. The number of likely N-dealkylation sites (tertiary alicyclic amines) is 1. The van der Waals surface area contributed by atoms with Crippen molar-refractivity contribution in [2.24, 2.45) is 0 Å². The average Bonchev–Trinajstić information content (AvgIpc) is 3.14. The highest BCUT2D eigenvalue weighted by molar-refractivity contribution is 9.10. The summed E-state index contributed by atoms with van der Waals surface area (Å²) in [4.78, 5) is 17.2. The van der Waals surface area contributed by atoms with Crippen LogP contribution in [0.2, 0.25) is 0 Å². The number of carbonyl (C=O) groups excluding carboxylic acids is 1. The van der Waals surface area contributed by atoms with E-state index in [1.165, 1.54) is 12.8 Å². The molecule has 0 radical (unpaired) electrons. The van der Waals surface area contributed by atoms with Crippen LogP contribution in [-0.4, -0.2) is 41.7 Å². The molecule has 2 aliphatic rings. The van der Waals surface area contributed by atoms with Crippen molar-refractivity contribution < 1.29 is 9.53 Å². The van der Waals surface area contributed by atoms with E-state index in [1.807, 2.05) is 37.3 Å². The molecular weight excluding hydrogens is 446 g/mol. The van der Waals surface area contributed by atoms with Crippen molar-refractivity contribution in [1.82, 2.24) is 4.90 Å². The molecule has 0 bridgehead atoms. The van der Waals surface area contributed by atoms with Gasteiger partial charge in [0.1, 0.15) is 17.1 Å². The zero-order chi connectivity index (χ0) is 18.1. The number of halogens is 2. The van der Waals surface area contributed by atoms with Crippen molar-refractivity contribution >= 4 is 45.9 Å². The first-order chi connectivity index (χ1) is 12.6. The molecule has 2 aliphatic heterocycles. The third-order valence-electron chi connectivity index (χ3n) is 5.11. The number of hydrogen-bond donors (Lipinski definition) is 0. The largest absolute Gasteiger partial charge is 0.491 e. The molecule has 1 atom stereocenters. The zero-order valence-electron chi connectivity index (χ0n) is 15.2. The van der Waals surface area contributed by atoms with Crippen LogP contribution in [0.25, 0.3) is 0 Å². The Hall–Kier alpha value is -1.01. The van der Waals surface area contributed by atoms with Gasteiger partial charge in [0.25, 0.3) is 0 Å². The van der Waals surface area contributed by atoms with E-state index >= 15 is 0 Å². The van der Waals surface area contributed by atoms with E-state index in [1.54, 1.807) is 11.8 Å². The summed E-state index contributed by atoms with van der Waals surface area (Å²) in [5.41, 5.74) is 1.77. The van der Waals surface area contributed by atoms with E-state index < -0.39 is 4.75 Å². The minimum absolute atomic E-state index is 0. The number of nitrogens with zero attached hydrogens (tertiary/aromatic N) is 1.